The highest BCUT2D eigenvalue weighted by atomic mass is 35.5. The minimum Gasteiger partial charge on any atom is -0.366 e. The summed E-state index contributed by atoms with van der Waals surface area (Å²) in [5, 5.41) is 0.635. The molecule has 29 heavy (non-hydrogen) atoms. The van der Waals surface area contributed by atoms with Crippen LogP contribution >= 0.6 is 11.6 Å². The van der Waals surface area contributed by atoms with Crippen molar-refractivity contribution in [1.29, 1.82) is 0 Å². The lowest BCUT2D eigenvalue weighted by Crippen LogP contribution is -2.36. The van der Waals surface area contributed by atoms with Gasteiger partial charge in [0.15, 0.2) is 0 Å². The van der Waals surface area contributed by atoms with Crippen LogP contribution in [-0.4, -0.2) is 34.7 Å². The van der Waals surface area contributed by atoms with Crippen LogP contribution < -0.4 is 0 Å². The molecule has 2 aromatic rings. The number of amides is 2. The number of piperidine rings is 1. The zero-order valence-corrected chi connectivity index (χ0v) is 17.6. The van der Waals surface area contributed by atoms with Crippen molar-refractivity contribution in [2.24, 2.45) is 0 Å². The summed E-state index contributed by atoms with van der Waals surface area (Å²) in [4.78, 5) is 30.3. The normalized spacial score (nSPS) is 17.5. The van der Waals surface area contributed by atoms with Crippen LogP contribution in [0, 0.1) is 13.8 Å². The molecule has 150 valence electrons. The van der Waals surface area contributed by atoms with Gasteiger partial charge in [0.25, 0.3) is 11.8 Å². The number of imide groups is 1. The first-order chi connectivity index (χ1) is 14.0. The molecule has 2 aliphatic heterocycles. The highest BCUT2D eigenvalue weighted by Crippen LogP contribution is 2.34. The Morgan fingerprint density at radius 2 is 1.55 bits per heavy atom. The summed E-state index contributed by atoms with van der Waals surface area (Å²) in [6, 6.07) is 13.3. The average molecular weight is 409 g/mol. The highest BCUT2D eigenvalue weighted by molar-refractivity contribution is 6.35. The second-order valence-corrected chi connectivity index (χ2v) is 8.33. The number of hydrogen-bond donors (Lipinski definition) is 0. The fourth-order valence-corrected chi connectivity index (χ4v) is 4.17. The van der Waals surface area contributed by atoms with Crippen molar-refractivity contribution >= 4 is 29.0 Å². The molecule has 0 atom stereocenters. The maximum absolute atomic E-state index is 13.4. The topological polar surface area (TPSA) is 40.6 Å². The third-order valence-electron chi connectivity index (χ3n) is 5.87. The van der Waals surface area contributed by atoms with Gasteiger partial charge in [-0.05, 0) is 67.5 Å². The third-order valence-corrected chi connectivity index (χ3v) is 6.12. The van der Waals surface area contributed by atoms with Crippen LogP contribution in [0.3, 0.4) is 0 Å². The van der Waals surface area contributed by atoms with Crippen LogP contribution in [0.5, 0.6) is 0 Å². The van der Waals surface area contributed by atoms with Crippen molar-refractivity contribution in [1.82, 2.24) is 9.80 Å². The summed E-state index contributed by atoms with van der Waals surface area (Å²) in [6.07, 6.45) is 3.25. The number of carbonyl (C=O) groups is 2. The Morgan fingerprint density at radius 3 is 2.21 bits per heavy atom. The van der Waals surface area contributed by atoms with Gasteiger partial charge in [0.2, 0.25) is 0 Å². The molecule has 0 saturated carbocycles. The number of halogens is 1. The number of rotatable bonds is 4. The van der Waals surface area contributed by atoms with E-state index in [0.29, 0.717) is 16.3 Å². The molecule has 5 heteroatoms. The van der Waals surface area contributed by atoms with E-state index < -0.39 is 0 Å². The molecule has 1 saturated heterocycles. The Hall–Kier alpha value is -2.59. The fourth-order valence-electron chi connectivity index (χ4n) is 4.05. The molecule has 2 amide bonds. The Morgan fingerprint density at radius 1 is 0.862 bits per heavy atom. The van der Waals surface area contributed by atoms with E-state index in [1.807, 2.05) is 44.2 Å². The molecule has 0 radical (unpaired) electrons. The van der Waals surface area contributed by atoms with E-state index in [4.69, 9.17) is 11.6 Å². The largest absolute Gasteiger partial charge is 0.366 e. The van der Waals surface area contributed by atoms with E-state index in [9.17, 15) is 9.59 Å². The fraction of sp³-hybridized carbons (Fsp3) is 0.333. The highest BCUT2D eigenvalue weighted by Gasteiger charge is 2.41. The van der Waals surface area contributed by atoms with Crippen molar-refractivity contribution in [3.8, 4) is 0 Å². The first-order valence-electron chi connectivity index (χ1n) is 10.1. The smallest absolute Gasteiger partial charge is 0.278 e. The van der Waals surface area contributed by atoms with E-state index in [-0.39, 0.29) is 18.4 Å². The molecule has 0 unspecified atom stereocenters. The number of carbonyl (C=O) groups excluding carboxylic acids is 2. The lowest BCUT2D eigenvalue weighted by atomic mass is 9.98. The van der Waals surface area contributed by atoms with Gasteiger partial charge in [-0.3, -0.25) is 14.5 Å². The van der Waals surface area contributed by atoms with Crippen LogP contribution in [0.2, 0.25) is 5.02 Å². The van der Waals surface area contributed by atoms with Crippen LogP contribution in [0.25, 0.3) is 5.57 Å². The average Bonchev–Trinajstić information content (AvgIpc) is 2.97. The molecule has 4 nitrogen and oxygen atoms in total. The lowest BCUT2D eigenvalue weighted by Gasteiger charge is -2.29. The molecular formula is C24H25ClN2O2. The number of aryl methyl sites for hydroxylation is 2. The SMILES string of the molecule is Cc1ccc(C2=C(N3CCCCC3)C(=O)N(Cc3ccc(Cl)cc3)C2=O)cc1C. The minimum absolute atomic E-state index is 0.194. The van der Waals surface area contributed by atoms with E-state index in [2.05, 4.69) is 4.90 Å². The van der Waals surface area contributed by atoms with Crippen molar-refractivity contribution in [2.45, 2.75) is 39.7 Å². The second kappa shape index (κ2) is 8.03. The Balaban J connectivity index is 1.74. The first-order valence-corrected chi connectivity index (χ1v) is 10.5. The van der Waals surface area contributed by atoms with Crippen molar-refractivity contribution in [3.05, 3.63) is 75.4 Å². The van der Waals surface area contributed by atoms with Crippen molar-refractivity contribution < 1.29 is 9.59 Å². The molecule has 2 heterocycles. The van der Waals surface area contributed by atoms with Gasteiger partial charge in [0.1, 0.15) is 5.70 Å². The third kappa shape index (κ3) is 3.82. The zero-order chi connectivity index (χ0) is 20.5. The van der Waals surface area contributed by atoms with Gasteiger partial charge in [-0.2, -0.15) is 0 Å². The van der Waals surface area contributed by atoms with E-state index >= 15 is 0 Å². The van der Waals surface area contributed by atoms with Crippen molar-refractivity contribution in [2.75, 3.05) is 13.1 Å². The molecule has 0 aliphatic carbocycles. The van der Waals surface area contributed by atoms with Gasteiger partial charge in [0, 0.05) is 18.1 Å². The number of likely N-dealkylation sites (tertiary alicyclic amines) is 1. The summed E-state index contributed by atoms with van der Waals surface area (Å²) in [6.45, 7) is 5.97. The molecule has 1 fully saturated rings. The summed E-state index contributed by atoms with van der Waals surface area (Å²) in [5.74, 6) is -0.408. The quantitative estimate of drug-likeness (QED) is 0.687. The van der Waals surface area contributed by atoms with E-state index in [0.717, 1.165) is 42.6 Å². The summed E-state index contributed by atoms with van der Waals surface area (Å²) in [5.41, 5.74) is 5.09. The maximum Gasteiger partial charge on any atom is 0.278 e. The zero-order valence-electron chi connectivity index (χ0n) is 16.9. The number of hydrogen-bond acceptors (Lipinski definition) is 3. The molecular weight excluding hydrogens is 384 g/mol. The number of benzene rings is 2. The van der Waals surface area contributed by atoms with E-state index in [1.54, 1.807) is 12.1 Å². The Bertz CT molecular complexity index is 988. The van der Waals surface area contributed by atoms with Gasteiger partial charge < -0.3 is 4.90 Å². The monoisotopic (exact) mass is 408 g/mol. The molecule has 0 aromatic heterocycles. The first kappa shape index (κ1) is 19.7. The molecule has 0 bridgehead atoms. The predicted molar refractivity (Wildman–Crippen MR) is 115 cm³/mol. The van der Waals surface area contributed by atoms with Gasteiger partial charge in [-0.15, -0.1) is 0 Å². The van der Waals surface area contributed by atoms with E-state index in [1.165, 1.54) is 16.9 Å². The van der Waals surface area contributed by atoms with Gasteiger partial charge in [0.05, 0.1) is 12.1 Å². The van der Waals surface area contributed by atoms with Gasteiger partial charge in [-0.1, -0.05) is 41.9 Å². The molecule has 2 aromatic carbocycles. The summed E-state index contributed by atoms with van der Waals surface area (Å²) >= 11 is 5.98. The molecule has 2 aliphatic rings. The molecule has 0 spiro atoms. The minimum atomic E-state index is -0.214. The van der Waals surface area contributed by atoms with Crippen LogP contribution in [-0.2, 0) is 16.1 Å². The molecule has 4 rings (SSSR count). The van der Waals surface area contributed by atoms with Gasteiger partial charge >= 0.3 is 0 Å². The Labute approximate surface area is 176 Å². The maximum atomic E-state index is 13.4. The lowest BCUT2D eigenvalue weighted by molar-refractivity contribution is -0.138. The van der Waals surface area contributed by atoms with Crippen LogP contribution in [0.1, 0.15) is 41.5 Å². The summed E-state index contributed by atoms with van der Waals surface area (Å²) in [7, 11) is 0. The van der Waals surface area contributed by atoms with Crippen LogP contribution in [0.4, 0.5) is 0 Å². The number of nitrogens with zero attached hydrogens (tertiary/aromatic N) is 2. The predicted octanol–water partition coefficient (Wildman–Crippen LogP) is 4.72. The molecule has 0 N–H and O–H groups in total. The van der Waals surface area contributed by atoms with Crippen molar-refractivity contribution in [3.63, 3.8) is 0 Å². The summed E-state index contributed by atoms with van der Waals surface area (Å²) < 4.78 is 0. The second-order valence-electron chi connectivity index (χ2n) is 7.89. The standard InChI is InChI=1S/C24H25ClN2O2/c1-16-6-9-19(14-17(16)2)21-22(26-12-4-3-5-13-26)24(29)27(23(21)28)15-18-7-10-20(25)11-8-18/h6-11,14H,3-5,12-13,15H2,1-2H3. The van der Waals surface area contributed by atoms with Gasteiger partial charge in [-0.25, -0.2) is 0 Å². The Kier molecular flexibility index (Phi) is 5.46. The van der Waals surface area contributed by atoms with Crippen LogP contribution in [0.15, 0.2) is 48.2 Å².